The first-order valence-corrected chi connectivity index (χ1v) is 7.26. The molecule has 2 unspecified atom stereocenters. The molecule has 4 heteroatoms. The third kappa shape index (κ3) is 3.44. The third-order valence-electron chi connectivity index (χ3n) is 4.05. The van der Waals surface area contributed by atoms with Crippen molar-refractivity contribution in [3.8, 4) is 11.5 Å². The van der Waals surface area contributed by atoms with Crippen molar-refractivity contribution in [1.29, 1.82) is 0 Å². The molecule has 2 atom stereocenters. The minimum atomic E-state index is -0.952. The fourth-order valence-electron chi connectivity index (χ4n) is 2.20. The van der Waals surface area contributed by atoms with Crippen LogP contribution in [0, 0.1) is 17.8 Å². The van der Waals surface area contributed by atoms with Crippen LogP contribution < -0.4 is 9.47 Å². The number of benzene rings is 1. The summed E-state index contributed by atoms with van der Waals surface area (Å²) in [4.78, 5) is 11.1. The predicted octanol–water partition coefficient (Wildman–Crippen LogP) is 3.21. The molecule has 2 saturated carbocycles. The lowest BCUT2D eigenvalue weighted by Crippen LogP contribution is -2.05. The Kier molecular flexibility index (Phi) is 3.55. The smallest absolute Gasteiger partial charge is 0.335 e. The molecule has 0 bridgehead atoms. The van der Waals surface area contributed by atoms with Crippen molar-refractivity contribution in [2.45, 2.75) is 26.2 Å². The van der Waals surface area contributed by atoms with Gasteiger partial charge in [0, 0.05) is 6.07 Å². The Labute approximate surface area is 118 Å². The maximum atomic E-state index is 11.1. The van der Waals surface area contributed by atoms with Gasteiger partial charge in [-0.2, -0.15) is 0 Å². The van der Waals surface area contributed by atoms with E-state index in [1.165, 1.54) is 19.3 Å². The van der Waals surface area contributed by atoms with E-state index in [0.717, 1.165) is 5.92 Å². The van der Waals surface area contributed by atoms with Gasteiger partial charge in [0.2, 0.25) is 0 Å². The average molecular weight is 276 g/mol. The van der Waals surface area contributed by atoms with Gasteiger partial charge in [-0.05, 0) is 49.1 Å². The van der Waals surface area contributed by atoms with Crippen molar-refractivity contribution in [3.05, 3.63) is 23.8 Å². The highest BCUT2D eigenvalue weighted by Crippen LogP contribution is 2.38. The van der Waals surface area contributed by atoms with E-state index in [1.807, 2.05) is 0 Å². The zero-order valence-electron chi connectivity index (χ0n) is 11.7. The van der Waals surface area contributed by atoms with E-state index >= 15 is 0 Å². The normalized spacial score (nSPS) is 24.2. The van der Waals surface area contributed by atoms with E-state index in [1.54, 1.807) is 18.2 Å². The third-order valence-corrected chi connectivity index (χ3v) is 4.05. The summed E-state index contributed by atoms with van der Waals surface area (Å²) in [7, 11) is 0. The molecule has 0 aliphatic heterocycles. The second kappa shape index (κ2) is 5.35. The Morgan fingerprint density at radius 3 is 2.30 bits per heavy atom. The highest BCUT2D eigenvalue weighted by Gasteiger charge is 2.33. The first-order chi connectivity index (χ1) is 9.61. The second-order valence-corrected chi connectivity index (χ2v) is 6.04. The van der Waals surface area contributed by atoms with Crippen molar-refractivity contribution < 1.29 is 19.4 Å². The van der Waals surface area contributed by atoms with E-state index in [0.29, 0.717) is 36.5 Å². The summed E-state index contributed by atoms with van der Waals surface area (Å²) in [6.45, 7) is 3.53. The van der Waals surface area contributed by atoms with Gasteiger partial charge in [0.1, 0.15) is 11.5 Å². The summed E-state index contributed by atoms with van der Waals surface area (Å²) in [5.74, 6) is 2.21. The monoisotopic (exact) mass is 276 g/mol. The largest absolute Gasteiger partial charge is 0.493 e. The second-order valence-electron chi connectivity index (χ2n) is 6.04. The molecule has 2 aliphatic rings. The van der Waals surface area contributed by atoms with Crippen LogP contribution in [-0.2, 0) is 0 Å². The predicted molar refractivity (Wildman–Crippen MR) is 74.4 cm³/mol. The fraction of sp³-hybridized carbons (Fsp3) is 0.562. The van der Waals surface area contributed by atoms with Crippen LogP contribution in [0.2, 0.25) is 0 Å². The van der Waals surface area contributed by atoms with Crippen molar-refractivity contribution >= 4 is 5.97 Å². The summed E-state index contributed by atoms with van der Waals surface area (Å²) in [6.07, 6.45) is 3.62. The summed E-state index contributed by atoms with van der Waals surface area (Å²) in [5.41, 5.74) is 0.220. The van der Waals surface area contributed by atoms with Gasteiger partial charge in [0.05, 0.1) is 18.8 Å². The van der Waals surface area contributed by atoms with E-state index in [2.05, 4.69) is 6.92 Å². The van der Waals surface area contributed by atoms with Crippen molar-refractivity contribution in [1.82, 2.24) is 0 Å². The molecule has 1 N–H and O–H groups in total. The molecule has 0 saturated heterocycles. The van der Waals surface area contributed by atoms with Gasteiger partial charge in [0.15, 0.2) is 0 Å². The molecule has 0 aromatic heterocycles. The van der Waals surface area contributed by atoms with Crippen LogP contribution in [0.4, 0.5) is 0 Å². The van der Waals surface area contributed by atoms with Crippen LogP contribution in [0.15, 0.2) is 18.2 Å². The van der Waals surface area contributed by atoms with E-state index in [-0.39, 0.29) is 5.56 Å². The molecule has 1 aromatic carbocycles. The van der Waals surface area contributed by atoms with Gasteiger partial charge in [-0.25, -0.2) is 4.79 Å². The number of aromatic carboxylic acids is 1. The molecule has 2 aliphatic carbocycles. The number of hydrogen-bond donors (Lipinski definition) is 1. The van der Waals surface area contributed by atoms with E-state index < -0.39 is 5.97 Å². The van der Waals surface area contributed by atoms with E-state index in [4.69, 9.17) is 14.6 Å². The lowest BCUT2D eigenvalue weighted by molar-refractivity contribution is 0.0695. The standard InChI is InChI=1S/C16H20O4/c1-10-4-13(10)9-20-15-6-12(16(17)18)5-14(7-15)19-8-11-2-3-11/h5-7,10-11,13H,2-4,8-9H2,1H3,(H,17,18). The zero-order valence-corrected chi connectivity index (χ0v) is 11.7. The Hall–Kier alpha value is -1.71. The number of carboxylic acids is 1. The maximum absolute atomic E-state index is 11.1. The molecule has 1 aromatic rings. The van der Waals surface area contributed by atoms with Gasteiger partial charge >= 0.3 is 5.97 Å². The van der Waals surface area contributed by atoms with Crippen molar-refractivity contribution in [2.24, 2.45) is 17.8 Å². The van der Waals surface area contributed by atoms with Gasteiger partial charge < -0.3 is 14.6 Å². The molecule has 4 nitrogen and oxygen atoms in total. The van der Waals surface area contributed by atoms with Crippen molar-refractivity contribution in [2.75, 3.05) is 13.2 Å². The van der Waals surface area contributed by atoms with Gasteiger partial charge in [-0.1, -0.05) is 6.92 Å². The lowest BCUT2D eigenvalue weighted by atomic mass is 10.2. The number of carboxylic acid groups (broad SMARTS) is 1. The van der Waals surface area contributed by atoms with Crippen LogP contribution >= 0.6 is 0 Å². The quantitative estimate of drug-likeness (QED) is 0.830. The Morgan fingerprint density at radius 2 is 1.80 bits per heavy atom. The first kappa shape index (κ1) is 13.3. The Morgan fingerprint density at radius 1 is 1.20 bits per heavy atom. The lowest BCUT2D eigenvalue weighted by Gasteiger charge is -2.11. The number of ether oxygens (including phenoxy) is 2. The minimum absolute atomic E-state index is 0.220. The number of carbonyl (C=O) groups is 1. The molecule has 2 fully saturated rings. The molecular weight excluding hydrogens is 256 g/mol. The Balaban J connectivity index is 1.67. The highest BCUT2D eigenvalue weighted by molar-refractivity contribution is 5.88. The highest BCUT2D eigenvalue weighted by atomic mass is 16.5. The summed E-state index contributed by atoms with van der Waals surface area (Å²) < 4.78 is 11.4. The van der Waals surface area contributed by atoms with Crippen molar-refractivity contribution in [3.63, 3.8) is 0 Å². The minimum Gasteiger partial charge on any atom is -0.493 e. The van der Waals surface area contributed by atoms with Crippen LogP contribution in [0.1, 0.15) is 36.5 Å². The molecular formula is C16H20O4. The maximum Gasteiger partial charge on any atom is 0.335 e. The van der Waals surface area contributed by atoms with E-state index in [9.17, 15) is 4.79 Å². The van der Waals surface area contributed by atoms with Crippen LogP contribution in [-0.4, -0.2) is 24.3 Å². The fourth-order valence-corrected chi connectivity index (χ4v) is 2.20. The molecule has 0 radical (unpaired) electrons. The zero-order chi connectivity index (χ0) is 14.1. The SMILES string of the molecule is CC1CC1COc1cc(OCC2CC2)cc(C(=O)O)c1. The summed E-state index contributed by atoms with van der Waals surface area (Å²) in [6, 6.07) is 4.93. The van der Waals surface area contributed by atoms with Gasteiger partial charge in [-0.15, -0.1) is 0 Å². The van der Waals surface area contributed by atoms with Crippen LogP contribution in [0.3, 0.4) is 0 Å². The van der Waals surface area contributed by atoms with Gasteiger partial charge in [-0.3, -0.25) is 0 Å². The molecule has 0 spiro atoms. The van der Waals surface area contributed by atoms with Gasteiger partial charge in [0.25, 0.3) is 0 Å². The van der Waals surface area contributed by atoms with Crippen LogP contribution in [0.5, 0.6) is 11.5 Å². The average Bonchev–Trinajstić information content (AvgIpc) is 3.32. The number of rotatable bonds is 7. The first-order valence-electron chi connectivity index (χ1n) is 7.26. The number of hydrogen-bond acceptors (Lipinski definition) is 3. The molecule has 0 heterocycles. The molecule has 20 heavy (non-hydrogen) atoms. The molecule has 108 valence electrons. The summed E-state index contributed by atoms with van der Waals surface area (Å²) >= 11 is 0. The molecule has 3 rings (SSSR count). The Bertz CT molecular complexity index is 507. The molecule has 0 amide bonds. The van der Waals surface area contributed by atoms with Crippen LogP contribution in [0.25, 0.3) is 0 Å². The summed E-state index contributed by atoms with van der Waals surface area (Å²) in [5, 5.41) is 9.14. The topological polar surface area (TPSA) is 55.8 Å².